The first-order valence-electron chi connectivity index (χ1n) is 5.34. The number of hydrogen-bond donors (Lipinski definition) is 1. The van der Waals surface area contributed by atoms with Crippen LogP contribution in [0.1, 0.15) is 12.8 Å². The lowest BCUT2D eigenvalue weighted by Crippen LogP contribution is -2.51. The van der Waals surface area contributed by atoms with E-state index >= 15 is 0 Å². The highest BCUT2D eigenvalue weighted by Gasteiger charge is 2.32. The minimum absolute atomic E-state index is 0.691. The smallest absolute Gasteiger partial charge is 0.128 e. The summed E-state index contributed by atoms with van der Waals surface area (Å²) in [5.41, 5.74) is 0. The zero-order valence-electron chi connectivity index (χ0n) is 8.19. The molecule has 2 unspecified atom stereocenters. The van der Waals surface area contributed by atoms with Gasteiger partial charge in [-0.3, -0.25) is 0 Å². The van der Waals surface area contributed by atoms with E-state index in [1.165, 1.54) is 12.8 Å². The van der Waals surface area contributed by atoms with Crippen LogP contribution >= 0.6 is 0 Å². The molecular weight excluding hydrogens is 174 g/mol. The Morgan fingerprint density at radius 1 is 1.21 bits per heavy atom. The monoisotopic (exact) mass is 189 g/mol. The van der Waals surface area contributed by atoms with Gasteiger partial charge in [0.2, 0.25) is 0 Å². The molecule has 3 heterocycles. The molecule has 2 bridgehead atoms. The number of anilines is 1. The molecule has 3 heteroatoms. The van der Waals surface area contributed by atoms with E-state index in [0.29, 0.717) is 12.1 Å². The van der Waals surface area contributed by atoms with Gasteiger partial charge in [-0.15, -0.1) is 0 Å². The molecule has 3 rings (SSSR count). The Bertz CT molecular complexity index is 300. The molecular formula is C11H15N3. The lowest BCUT2D eigenvalue weighted by Gasteiger charge is -2.33. The van der Waals surface area contributed by atoms with Gasteiger partial charge in [0.05, 0.1) is 0 Å². The molecule has 1 aromatic heterocycles. The maximum atomic E-state index is 4.40. The molecule has 14 heavy (non-hydrogen) atoms. The van der Waals surface area contributed by atoms with Gasteiger partial charge in [0, 0.05) is 31.4 Å². The lowest BCUT2D eigenvalue weighted by atomic mass is 10.2. The van der Waals surface area contributed by atoms with E-state index < -0.39 is 0 Å². The van der Waals surface area contributed by atoms with Crippen molar-refractivity contribution in [3.05, 3.63) is 24.4 Å². The van der Waals surface area contributed by atoms with E-state index in [2.05, 4.69) is 27.3 Å². The molecule has 0 radical (unpaired) electrons. The number of nitrogens with zero attached hydrogens (tertiary/aromatic N) is 2. The number of aromatic nitrogens is 1. The molecule has 0 aliphatic carbocycles. The van der Waals surface area contributed by atoms with E-state index in [4.69, 9.17) is 0 Å². The minimum Gasteiger partial charge on any atom is -0.353 e. The van der Waals surface area contributed by atoms with Crippen LogP contribution in [0.5, 0.6) is 0 Å². The molecule has 0 amide bonds. The molecule has 0 spiro atoms. The van der Waals surface area contributed by atoms with Gasteiger partial charge in [0.1, 0.15) is 5.82 Å². The zero-order chi connectivity index (χ0) is 9.38. The maximum absolute atomic E-state index is 4.40. The summed E-state index contributed by atoms with van der Waals surface area (Å²) < 4.78 is 0. The van der Waals surface area contributed by atoms with Crippen molar-refractivity contribution in [3.8, 4) is 0 Å². The Kier molecular flexibility index (Phi) is 1.91. The van der Waals surface area contributed by atoms with E-state index in [0.717, 1.165) is 18.9 Å². The van der Waals surface area contributed by atoms with Crippen LogP contribution in [0.4, 0.5) is 5.82 Å². The molecule has 1 N–H and O–H groups in total. The SMILES string of the molecule is c1ccc(N2CC3CCC(C2)N3)nc1. The molecule has 2 aliphatic heterocycles. The quantitative estimate of drug-likeness (QED) is 0.715. The Morgan fingerprint density at radius 3 is 2.64 bits per heavy atom. The number of nitrogens with one attached hydrogen (secondary N) is 1. The summed E-state index contributed by atoms with van der Waals surface area (Å²) in [6.07, 6.45) is 4.53. The fourth-order valence-electron chi connectivity index (χ4n) is 2.52. The Balaban J connectivity index is 1.81. The van der Waals surface area contributed by atoms with E-state index in [-0.39, 0.29) is 0 Å². The number of rotatable bonds is 1. The summed E-state index contributed by atoms with van der Waals surface area (Å²) in [6, 6.07) is 7.52. The molecule has 2 fully saturated rings. The summed E-state index contributed by atoms with van der Waals surface area (Å²) in [6.45, 7) is 2.24. The van der Waals surface area contributed by atoms with Gasteiger partial charge < -0.3 is 10.2 Å². The van der Waals surface area contributed by atoms with Crippen molar-refractivity contribution in [2.45, 2.75) is 24.9 Å². The molecule has 2 saturated heterocycles. The molecule has 0 aromatic carbocycles. The Hall–Kier alpha value is -1.09. The first-order valence-corrected chi connectivity index (χ1v) is 5.34. The first-order chi connectivity index (χ1) is 6.92. The summed E-state index contributed by atoms with van der Waals surface area (Å²) in [5, 5.41) is 3.62. The van der Waals surface area contributed by atoms with Crippen LogP contribution in [0.2, 0.25) is 0 Å². The number of fused-ring (bicyclic) bond motifs is 2. The van der Waals surface area contributed by atoms with Crippen LogP contribution < -0.4 is 10.2 Å². The maximum Gasteiger partial charge on any atom is 0.128 e. The average Bonchev–Trinajstić information content (AvgIpc) is 2.59. The van der Waals surface area contributed by atoms with Crippen molar-refractivity contribution < 1.29 is 0 Å². The molecule has 2 atom stereocenters. The van der Waals surface area contributed by atoms with Crippen LogP contribution in [0, 0.1) is 0 Å². The largest absolute Gasteiger partial charge is 0.353 e. The van der Waals surface area contributed by atoms with Crippen LogP contribution in [0.3, 0.4) is 0 Å². The topological polar surface area (TPSA) is 28.2 Å². The number of hydrogen-bond acceptors (Lipinski definition) is 3. The van der Waals surface area contributed by atoms with Crippen LogP contribution in [-0.2, 0) is 0 Å². The van der Waals surface area contributed by atoms with Crippen LogP contribution in [0.25, 0.3) is 0 Å². The highest BCUT2D eigenvalue weighted by molar-refractivity contribution is 5.39. The summed E-state index contributed by atoms with van der Waals surface area (Å²) in [7, 11) is 0. The minimum atomic E-state index is 0.691. The predicted molar refractivity (Wildman–Crippen MR) is 56.4 cm³/mol. The second-order valence-corrected chi connectivity index (χ2v) is 4.23. The van der Waals surface area contributed by atoms with Crippen molar-refractivity contribution in [2.24, 2.45) is 0 Å². The lowest BCUT2D eigenvalue weighted by molar-refractivity contribution is 0.463. The third-order valence-electron chi connectivity index (χ3n) is 3.19. The summed E-state index contributed by atoms with van der Waals surface area (Å²) in [4.78, 5) is 6.80. The van der Waals surface area contributed by atoms with E-state index in [1.54, 1.807) is 0 Å². The normalized spacial score (nSPS) is 30.7. The number of pyridine rings is 1. The Labute approximate surface area is 84.1 Å². The Morgan fingerprint density at radius 2 is 2.00 bits per heavy atom. The third-order valence-corrected chi connectivity index (χ3v) is 3.19. The standard InChI is InChI=1S/C11H15N3/c1-2-6-12-11(3-1)14-7-9-4-5-10(8-14)13-9/h1-3,6,9-10,13H,4-5,7-8H2. The second-order valence-electron chi connectivity index (χ2n) is 4.23. The third kappa shape index (κ3) is 1.38. The molecule has 1 aromatic rings. The van der Waals surface area contributed by atoms with Crippen LogP contribution in [0.15, 0.2) is 24.4 Å². The van der Waals surface area contributed by atoms with Gasteiger partial charge in [-0.25, -0.2) is 4.98 Å². The van der Waals surface area contributed by atoms with E-state index in [9.17, 15) is 0 Å². The summed E-state index contributed by atoms with van der Waals surface area (Å²) >= 11 is 0. The van der Waals surface area contributed by atoms with Gasteiger partial charge in [-0.1, -0.05) is 6.07 Å². The highest BCUT2D eigenvalue weighted by atomic mass is 15.3. The van der Waals surface area contributed by atoms with Gasteiger partial charge in [0.15, 0.2) is 0 Å². The molecule has 2 aliphatic rings. The molecule has 74 valence electrons. The zero-order valence-corrected chi connectivity index (χ0v) is 8.19. The second kappa shape index (κ2) is 3.24. The molecule has 0 saturated carbocycles. The predicted octanol–water partition coefficient (Wildman–Crippen LogP) is 1.02. The fraction of sp³-hybridized carbons (Fsp3) is 0.545. The first kappa shape index (κ1) is 8.24. The van der Waals surface area contributed by atoms with Crippen LogP contribution in [-0.4, -0.2) is 30.2 Å². The van der Waals surface area contributed by atoms with Gasteiger partial charge in [0.25, 0.3) is 0 Å². The fourth-order valence-corrected chi connectivity index (χ4v) is 2.52. The molecule has 3 nitrogen and oxygen atoms in total. The highest BCUT2D eigenvalue weighted by Crippen LogP contribution is 2.23. The van der Waals surface area contributed by atoms with Crippen molar-refractivity contribution in [2.75, 3.05) is 18.0 Å². The van der Waals surface area contributed by atoms with Gasteiger partial charge in [-0.05, 0) is 25.0 Å². The van der Waals surface area contributed by atoms with Crippen molar-refractivity contribution >= 4 is 5.82 Å². The van der Waals surface area contributed by atoms with E-state index in [1.807, 2.05) is 12.3 Å². The van der Waals surface area contributed by atoms with Crippen molar-refractivity contribution in [1.29, 1.82) is 0 Å². The summed E-state index contributed by atoms with van der Waals surface area (Å²) in [5.74, 6) is 1.13. The van der Waals surface area contributed by atoms with Crippen molar-refractivity contribution in [3.63, 3.8) is 0 Å². The van der Waals surface area contributed by atoms with Crippen molar-refractivity contribution in [1.82, 2.24) is 10.3 Å². The average molecular weight is 189 g/mol. The van der Waals surface area contributed by atoms with Gasteiger partial charge >= 0.3 is 0 Å². The number of piperazine rings is 1. The van der Waals surface area contributed by atoms with Gasteiger partial charge in [-0.2, -0.15) is 0 Å².